The number of anilines is 1. The van der Waals surface area contributed by atoms with Crippen LogP contribution in [0.2, 0.25) is 0 Å². The molecular weight excluding hydrogens is 188 g/mol. The van der Waals surface area contributed by atoms with Crippen molar-refractivity contribution in [3.05, 3.63) is 49.2 Å². The van der Waals surface area contributed by atoms with Crippen LogP contribution in [0.1, 0.15) is 0 Å². The van der Waals surface area contributed by atoms with E-state index < -0.39 is 0 Å². The third-order valence-corrected chi connectivity index (χ3v) is 2.04. The second-order valence-corrected chi connectivity index (χ2v) is 3.11. The normalized spacial score (nSPS) is 9.87. The average molecular weight is 198 g/mol. The monoisotopic (exact) mass is 198 g/mol. The number of hydrogen-bond donors (Lipinski definition) is 1. The summed E-state index contributed by atoms with van der Waals surface area (Å²) in [6.07, 6.45) is 2.86. The maximum Gasteiger partial charge on any atom is 0.247 e. The third-order valence-electron chi connectivity index (χ3n) is 2.04. The lowest BCUT2D eigenvalue weighted by Gasteiger charge is -2.02. The molecule has 0 saturated carbocycles. The predicted molar refractivity (Wildman–Crippen MR) is 60.6 cm³/mol. The fourth-order valence-corrected chi connectivity index (χ4v) is 1.33. The summed E-state index contributed by atoms with van der Waals surface area (Å²) >= 11 is 0. The molecule has 74 valence electrons. The summed E-state index contributed by atoms with van der Waals surface area (Å²) in [5.74, 6) is -0.230. The molecule has 0 radical (unpaired) electrons. The molecule has 1 amide bonds. The Bertz CT molecular complexity index is 520. The summed E-state index contributed by atoms with van der Waals surface area (Å²) in [6.45, 7) is 3.39. The fraction of sp³-hybridized carbons (Fsp3) is 0. The number of fused-ring (bicyclic) bond motifs is 1. The van der Waals surface area contributed by atoms with Crippen molar-refractivity contribution in [3.63, 3.8) is 0 Å². The van der Waals surface area contributed by atoms with Crippen molar-refractivity contribution in [3.8, 4) is 0 Å². The maximum absolute atomic E-state index is 11.1. The van der Waals surface area contributed by atoms with Crippen molar-refractivity contribution < 1.29 is 4.79 Å². The second-order valence-electron chi connectivity index (χ2n) is 3.11. The van der Waals surface area contributed by atoms with Crippen molar-refractivity contribution >= 4 is 22.5 Å². The Morgan fingerprint density at radius 2 is 2.20 bits per heavy atom. The zero-order valence-electron chi connectivity index (χ0n) is 8.10. The van der Waals surface area contributed by atoms with Crippen LogP contribution in [0.3, 0.4) is 0 Å². The van der Waals surface area contributed by atoms with E-state index >= 15 is 0 Å². The molecule has 0 atom stereocenters. The lowest BCUT2D eigenvalue weighted by Crippen LogP contribution is -2.07. The minimum absolute atomic E-state index is 0.230. The molecule has 0 spiro atoms. The first-order valence-corrected chi connectivity index (χ1v) is 4.58. The molecule has 1 aromatic heterocycles. The highest BCUT2D eigenvalue weighted by molar-refractivity contribution is 5.99. The Hall–Kier alpha value is -2.16. The molecule has 0 unspecified atom stereocenters. The molecule has 0 aliphatic carbocycles. The van der Waals surface area contributed by atoms with Crippen LogP contribution in [0.15, 0.2) is 49.2 Å². The molecule has 1 aromatic carbocycles. The van der Waals surface area contributed by atoms with Gasteiger partial charge in [-0.3, -0.25) is 9.78 Å². The minimum atomic E-state index is -0.230. The van der Waals surface area contributed by atoms with Crippen LogP contribution in [0.5, 0.6) is 0 Å². The van der Waals surface area contributed by atoms with Gasteiger partial charge in [-0.25, -0.2) is 0 Å². The Labute approximate surface area is 87.4 Å². The summed E-state index contributed by atoms with van der Waals surface area (Å²) in [5.41, 5.74) is 1.59. The van der Waals surface area contributed by atoms with E-state index in [1.54, 1.807) is 6.20 Å². The number of carbonyl (C=O) groups is 1. The number of para-hydroxylation sites is 1. The predicted octanol–water partition coefficient (Wildman–Crippen LogP) is 2.36. The van der Waals surface area contributed by atoms with Gasteiger partial charge in [-0.1, -0.05) is 24.8 Å². The summed E-state index contributed by atoms with van der Waals surface area (Å²) in [6, 6.07) is 9.62. The molecule has 2 aromatic rings. The van der Waals surface area contributed by atoms with Crippen molar-refractivity contribution in [2.24, 2.45) is 0 Å². The van der Waals surface area contributed by atoms with Crippen LogP contribution in [-0.2, 0) is 4.79 Å². The van der Waals surface area contributed by atoms with E-state index in [-0.39, 0.29) is 5.91 Å². The topological polar surface area (TPSA) is 42.0 Å². The molecule has 0 bridgehead atoms. The van der Waals surface area contributed by atoms with Crippen LogP contribution in [-0.4, -0.2) is 10.9 Å². The van der Waals surface area contributed by atoms with E-state index in [1.165, 1.54) is 6.08 Å². The standard InChI is InChI=1S/C12H10N2O/c1-2-12(15)14-10-7-9-5-3-4-6-11(9)13-8-10/h2-8H,1H2,(H,14,15). The molecule has 3 heteroatoms. The van der Waals surface area contributed by atoms with E-state index in [9.17, 15) is 4.79 Å². The number of pyridine rings is 1. The van der Waals surface area contributed by atoms with Gasteiger partial charge in [0, 0.05) is 5.39 Å². The number of aromatic nitrogens is 1. The second kappa shape index (κ2) is 3.92. The quantitative estimate of drug-likeness (QED) is 0.752. The number of nitrogens with zero attached hydrogens (tertiary/aromatic N) is 1. The Balaban J connectivity index is 2.38. The summed E-state index contributed by atoms with van der Waals surface area (Å²) in [4.78, 5) is 15.3. The van der Waals surface area contributed by atoms with Crippen molar-refractivity contribution in [1.29, 1.82) is 0 Å². The minimum Gasteiger partial charge on any atom is -0.321 e. The van der Waals surface area contributed by atoms with Crippen molar-refractivity contribution in [1.82, 2.24) is 4.98 Å². The summed E-state index contributed by atoms with van der Waals surface area (Å²) < 4.78 is 0. The maximum atomic E-state index is 11.1. The Morgan fingerprint density at radius 1 is 1.40 bits per heavy atom. The van der Waals surface area contributed by atoms with Crippen LogP contribution < -0.4 is 5.32 Å². The van der Waals surface area contributed by atoms with Gasteiger partial charge in [0.15, 0.2) is 0 Å². The van der Waals surface area contributed by atoms with E-state index in [4.69, 9.17) is 0 Å². The van der Waals surface area contributed by atoms with Gasteiger partial charge in [0.25, 0.3) is 0 Å². The van der Waals surface area contributed by atoms with E-state index in [2.05, 4.69) is 16.9 Å². The van der Waals surface area contributed by atoms with Gasteiger partial charge in [-0.05, 0) is 18.2 Å². The van der Waals surface area contributed by atoms with Crippen LogP contribution in [0.25, 0.3) is 10.9 Å². The number of hydrogen-bond acceptors (Lipinski definition) is 2. The van der Waals surface area contributed by atoms with Crippen LogP contribution in [0.4, 0.5) is 5.69 Å². The number of amides is 1. The summed E-state index contributed by atoms with van der Waals surface area (Å²) in [7, 11) is 0. The number of rotatable bonds is 2. The smallest absolute Gasteiger partial charge is 0.247 e. The highest BCUT2D eigenvalue weighted by Gasteiger charge is 1.99. The first-order chi connectivity index (χ1) is 7.29. The lowest BCUT2D eigenvalue weighted by molar-refractivity contribution is -0.111. The van der Waals surface area contributed by atoms with Gasteiger partial charge < -0.3 is 5.32 Å². The third kappa shape index (κ3) is 2.02. The Kier molecular flexibility index (Phi) is 2.46. The van der Waals surface area contributed by atoms with Gasteiger partial charge in [0.1, 0.15) is 0 Å². The van der Waals surface area contributed by atoms with Gasteiger partial charge >= 0.3 is 0 Å². The molecule has 0 fully saturated rings. The van der Waals surface area contributed by atoms with Crippen molar-refractivity contribution in [2.45, 2.75) is 0 Å². The zero-order valence-corrected chi connectivity index (χ0v) is 8.10. The molecule has 3 nitrogen and oxygen atoms in total. The molecule has 0 aliphatic heterocycles. The molecule has 0 saturated heterocycles. The highest BCUT2D eigenvalue weighted by Crippen LogP contribution is 2.15. The molecule has 1 heterocycles. The van der Waals surface area contributed by atoms with Gasteiger partial charge in [-0.15, -0.1) is 0 Å². The number of carbonyl (C=O) groups excluding carboxylic acids is 1. The van der Waals surface area contributed by atoms with E-state index in [0.717, 1.165) is 10.9 Å². The van der Waals surface area contributed by atoms with E-state index in [1.807, 2.05) is 30.3 Å². The first kappa shape index (κ1) is 9.40. The summed E-state index contributed by atoms with van der Waals surface area (Å²) in [5, 5.41) is 3.66. The first-order valence-electron chi connectivity index (χ1n) is 4.58. The fourth-order valence-electron chi connectivity index (χ4n) is 1.33. The molecule has 2 rings (SSSR count). The number of nitrogens with one attached hydrogen (secondary N) is 1. The molecule has 15 heavy (non-hydrogen) atoms. The van der Waals surface area contributed by atoms with Gasteiger partial charge in [0.05, 0.1) is 17.4 Å². The molecule has 0 aliphatic rings. The number of benzene rings is 1. The largest absolute Gasteiger partial charge is 0.321 e. The van der Waals surface area contributed by atoms with Gasteiger partial charge in [0.2, 0.25) is 5.91 Å². The van der Waals surface area contributed by atoms with Crippen LogP contribution in [0, 0.1) is 0 Å². The highest BCUT2D eigenvalue weighted by atomic mass is 16.1. The zero-order chi connectivity index (χ0) is 10.7. The Morgan fingerprint density at radius 3 is 3.00 bits per heavy atom. The SMILES string of the molecule is C=CC(=O)Nc1cnc2ccccc2c1. The van der Waals surface area contributed by atoms with Gasteiger partial charge in [-0.2, -0.15) is 0 Å². The van der Waals surface area contributed by atoms with Crippen molar-refractivity contribution in [2.75, 3.05) is 5.32 Å². The van der Waals surface area contributed by atoms with E-state index in [0.29, 0.717) is 5.69 Å². The lowest BCUT2D eigenvalue weighted by atomic mass is 10.2. The molecule has 1 N–H and O–H groups in total. The molecular formula is C12H10N2O. The average Bonchev–Trinajstić information content (AvgIpc) is 2.29. The van der Waals surface area contributed by atoms with Crippen LogP contribution >= 0.6 is 0 Å².